The van der Waals surface area contributed by atoms with E-state index in [0.29, 0.717) is 16.7 Å². The lowest BCUT2D eigenvalue weighted by Crippen LogP contribution is -1.96. The number of benzene rings is 2. The highest BCUT2D eigenvalue weighted by atomic mass is 79.9. The zero-order valence-electron chi connectivity index (χ0n) is 9.71. The highest BCUT2D eigenvalue weighted by molar-refractivity contribution is 9.10. The summed E-state index contributed by atoms with van der Waals surface area (Å²) in [6, 6.07) is 11.2. The lowest BCUT2D eigenvalue weighted by Gasteiger charge is -2.09. The van der Waals surface area contributed by atoms with Crippen molar-refractivity contribution in [1.29, 1.82) is 0 Å². The van der Waals surface area contributed by atoms with E-state index in [1.165, 1.54) is 0 Å². The first-order valence-corrected chi connectivity index (χ1v) is 6.94. The second kappa shape index (κ2) is 5.96. The predicted octanol–water partition coefficient (Wildman–Crippen LogP) is 5.64. The molecule has 0 atom stereocenters. The third kappa shape index (κ3) is 3.41. The third-order valence-corrected chi connectivity index (χ3v) is 4.03. The highest BCUT2D eigenvalue weighted by Crippen LogP contribution is 2.25. The van der Waals surface area contributed by atoms with Gasteiger partial charge in [-0.1, -0.05) is 39.1 Å². The third-order valence-electron chi connectivity index (χ3n) is 2.53. The SMILES string of the molecule is Cc1cc(OCc2cc(Cl)ccc2Cl)ccc1Br. The number of rotatable bonds is 3. The molecule has 4 heteroatoms. The van der Waals surface area contributed by atoms with Crippen molar-refractivity contribution in [2.24, 2.45) is 0 Å². The molecule has 0 unspecified atom stereocenters. The second-order valence-corrected chi connectivity index (χ2v) is 5.63. The lowest BCUT2D eigenvalue weighted by atomic mass is 10.2. The molecule has 0 aliphatic carbocycles. The molecule has 1 nitrogen and oxygen atoms in total. The molecule has 2 aromatic carbocycles. The Kier molecular flexibility index (Phi) is 4.55. The zero-order chi connectivity index (χ0) is 13.1. The van der Waals surface area contributed by atoms with Gasteiger partial charge < -0.3 is 4.74 Å². The minimum absolute atomic E-state index is 0.403. The van der Waals surface area contributed by atoms with Crippen molar-refractivity contribution < 1.29 is 4.74 Å². The van der Waals surface area contributed by atoms with Crippen LogP contribution in [0.1, 0.15) is 11.1 Å². The van der Waals surface area contributed by atoms with Gasteiger partial charge in [0.2, 0.25) is 0 Å². The summed E-state index contributed by atoms with van der Waals surface area (Å²) in [5.41, 5.74) is 2.01. The van der Waals surface area contributed by atoms with Gasteiger partial charge in [-0.05, 0) is 48.9 Å². The van der Waals surface area contributed by atoms with Crippen molar-refractivity contribution >= 4 is 39.1 Å². The van der Waals surface area contributed by atoms with Crippen molar-refractivity contribution in [3.05, 3.63) is 62.0 Å². The minimum atomic E-state index is 0.403. The van der Waals surface area contributed by atoms with Crippen molar-refractivity contribution in [3.8, 4) is 5.75 Å². The molecule has 0 N–H and O–H groups in total. The van der Waals surface area contributed by atoms with E-state index >= 15 is 0 Å². The van der Waals surface area contributed by atoms with Crippen LogP contribution in [0.15, 0.2) is 40.9 Å². The Morgan fingerprint density at radius 1 is 1.11 bits per heavy atom. The Hall–Kier alpha value is -0.700. The van der Waals surface area contributed by atoms with E-state index in [0.717, 1.165) is 21.3 Å². The van der Waals surface area contributed by atoms with Crippen LogP contribution < -0.4 is 4.74 Å². The van der Waals surface area contributed by atoms with Crippen LogP contribution in [-0.4, -0.2) is 0 Å². The monoisotopic (exact) mass is 344 g/mol. The van der Waals surface area contributed by atoms with Crippen LogP contribution in [-0.2, 0) is 6.61 Å². The quantitative estimate of drug-likeness (QED) is 0.699. The number of halogens is 3. The van der Waals surface area contributed by atoms with E-state index in [4.69, 9.17) is 27.9 Å². The Morgan fingerprint density at radius 2 is 1.89 bits per heavy atom. The molecule has 0 aromatic heterocycles. The summed E-state index contributed by atoms with van der Waals surface area (Å²) in [6.45, 7) is 2.42. The molecule has 2 rings (SSSR count). The summed E-state index contributed by atoms with van der Waals surface area (Å²) < 4.78 is 6.77. The van der Waals surface area contributed by atoms with Gasteiger partial charge in [0.15, 0.2) is 0 Å². The average Bonchev–Trinajstić information content (AvgIpc) is 2.34. The fourth-order valence-corrected chi connectivity index (χ4v) is 2.14. The van der Waals surface area contributed by atoms with Crippen LogP contribution in [0.5, 0.6) is 5.75 Å². The second-order valence-electron chi connectivity index (χ2n) is 3.94. The average molecular weight is 346 g/mol. The smallest absolute Gasteiger partial charge is 0.120 e. The molecule has 18 heavy (non-hydrogen) atoms. The van der Waals surface area contributed by atoms with Crippen molar-refractivity contribution in [2.75, 3.05) is 0 Å². The van der Waals surface area contributed by atoms with E-state index in [1.54, 1.807) is 12.1 Å². The molecular weight excluding hydrogens is 335 g/mol. The first-order chi connectivity index (χ1) is 8.56. The highest BCUT2D eigenvalue weighted by Gasteiger charge is 2.03. The molecule has 94 valence electrons. The van der Waals surface area contributed by atoms with Crippen LogP contribution in [0.25, 0.3) is 0 Å². The van der Waals surface area contributed by atoms with Gasteiger partial charge in [0.05, 0.1) is 0 Å². The Morgan fingerprint density at radius 3 is 2.61 bits per heavy atom. The molecular formula is C14H11BrCl2O. The minimum Gasteiger partial charge on any atom is -0.489 e. The molecule has 0 radical (unpaired) electrons. The van der Waals surface area contributed by atoms with Gasteiger partial charge in [0.25, 0.3) is 0 Å². The molecule has 0 aliphatic rings. The molecule has 0 bridgehead atoms. The standard InChI is InChI=1S/C14H11BrCl2O/c1-9-6-12(3-4-13(9)15)18-8-10-7-11(16)2-5-14(10)17/h2-7H,8H2,1H3. The van der Waals surface area contributed by atoms with Gasteiger partial charge in [0, 0.05) is 20.1 Å². The van der Waals surface area contributed by atoms with Crippen molar-refractivity contribution in [3.63, 3.8) is 0 Å². The van der Waals surface area contributed by atoms with Crippen LogP contribution in [0.2, 0.25) is 10.0 Å². The molecule has 0 fully saturated rings. The maximum atomic E-state index is 6.07. The lowest BCUT2D eigenvalue weighted by molar-refractivity contribution is 0.306. The van der Waals surface area contributed by atoms with Crippen molar-refractivity contribution in [2.45, 2.75) is 13.5 Å². The molecule has 0 heterocycles. The van der Waals surface area contributed by atoms with Gasteiger partial charge in [-0.15, -0.1) is 0 Å². The summed E-state index contributed by atoms with van der Waals surface area (Å²) in [6.07, 6.45) is 0. The summed E-state index contributed by atoms with van der Waals surface area (Å²) in [5, 5.41) is 1.32. The fourth-order valence-electron chi connectivity index (χ4n) is 1.52. The molecule has 0 aliphatic heterocycles. The van der Waals surface area contributed by atoms with Crippen LogP contribution in [0, 0.1) is 6.92 Å². The van der Waals surface area contributed by atoms with Crippen LogP contribution in [0.3, 0.4) is 0 Å². The Bertz CT molecular complexity index is 570. The Labute approximate surface area is 125 Å². The van der Waals surface area contributed by atoms with Gasteiger partial charge in [-0.3, -0.25) is 0 Å². The summed E-state index contributed by atoms with van der Waals surface area (Å²) in [5.74, 6) is 0.812. The predicted molar refractivity (Wildman–Crippen MR) is 79.7 cm³/mol. The topological polar surface area (TPSA) is 9.23 Å². The van der Waals surface area contributed by atoms with E-state index in [-0.39, 0.29) is 0 Å². The van der Waals surface area contributed by atoms with Crippen LogP contribution >= 0.6 is 39.1 Å². The maximum absolute atomic E-state index is 6.07. The maximum Gasteiger partial charge on any atom is 0.120 e. The molecule has 0 spiro atoms. The zero-order valence-corrected chi connectivity index (χ0v) is 12.8. The van der Waals surface area contributed by atoms with Crippen LogP contribution in [0.4, 0.5) is 0 Å². The normalized spacial score (nSPS) is 10.4. The number of hydrogen-bond acceptors (Lipinski definition) is 1. The first-order valence-electron chi connectivity index (χ1n) is 5.39. The van der Waals surface area contributed by atoms with E-state index in [9.17, 15) is 0 Å². The van der Waals surface area contributed by atoms with E-state index in [1.807, 2.05) is 31.2 Å². The first kappa shape index (κ1) is 13.7. The van der Waals surface area contributed by atoms with E-state index < -0.39 is 0 Å². The molecule has 2 aromatic rings. The summed E-state index contributed by atoms with van der Waals surface area (Å²) in [7, 11) is 0. The van der Waals surface area contributed by atoms with Gasteiger partial charge in [-0.25, -0.2) is 0 Å². The molecule has 0 amide bonds. The fraction of sp³-hybridized carbons (Fsp3) is 0.143. The van der Waals surface area contributed by atoms with E-state index in [2.05, 4.69) is 15.9 Å². The molecule has 0 saturated carbocycles. The largest absolute Gasteiger partial charge is 0.489 e. The Balaban J connectivity index is 2.11. The number of ether oxygens (including phenoxy) is 1. The van der Waals surface area contributed by atoms with Gasteiger partial charge >= 0.3 is 0 Å². The molecule has 0 saturated heterocycles. The summed E-state index contributed by atoms with van der Waals surface area (Å²) in [4.78, 5) is 0. The van der Waals surface area contributed by atoms with Crippen molar-refractivity contribution in [1.82, 2.24) is 0 Å². The van der Waals surface area contributed by atoms with Gasteiger partial charge in [0.1, 0.15) is 12.4 Å². The number of hydrogen-bond donors (Lipinski definition) is 0. The summed E-state index contributed by atoms with van der Waals surface area (Å²) >= 11 is 15.4. The number of aryl methyl sites for hydroxylation is 1. The van der Waals surface area contributed by atoms with Gasteiger partial charge in [-0.2, -0.15) is 0 Å².